The molecule has 0 aliphatic carbocycles. The van der Waals surface area contributed by atoms with Crippen molar-refractivity contribution in [3.05, 3.63) is 78.1 Å². The molecule has 182 valence electrons. The molecular weight excluding hydrogens is 447 g/mol. The summed E-state index contributed by atoms with van der Waals surface area (Å²) in [5, 5.41) is 0. The molecule has 0 radical (unpaired) electrons. The van der Waals surface area contributed by atoms with Crippen LogP contribution in [-0.2, 0) is 0 Å². The maximum atomic E-state index is 13.5. The Bertz CT molecular complexity index is 1050. The van der Waals surface area contributed by atoms with Crippen molar-refractivity contribution in [3.63, 3.8) is 0 Å². The lowest BCUT2D eigenvalue weighted by molar-refractivity contribution is -0.274. The minimum Gasteiger partial charge on any atom is -0.475 e. The number of carbonyl (C=O) groups excluding carboxylic acids is 1. The van der Waals surface area contributed by atoms with Crippen molar-refractivity contribution in [3.8, 4) is 11.6 Å². The molecular formula is C25H28F3N3O3. The second-order valence-corrected chi connectivity index (χ2v) is 7.42. The number of rotatable bonds is 10. The number of pyridine rings is 1. The minimum atomic E-state index is -4.79. The van der Waals surface area contributed by atoms with Crippen molar-refractivity contribution in [1.29, 1.82) is 0 Å². The van der Waals surface area contributed by atoms with E-state index in [9.17, 15) is 18.0 Å². The summed E-state index contributed by atoms with van der Waals surface area (Å²) in [6.45, 7) is 11.6. The molecule has 0 unspecified atom stereocenters. The van der Waals surface area contributed by atoms with Gasteiger partial charge in [-0.05, 0) is 51.5 Å². The molecule has 1 aromatic carbocycles. The first-order valence-corrected chi connectivity index (χ1v) is 10.6. The second kappa shape index (κ2) is 12.0. The molecule has 1 heterocycles. The predicted octanol–water partition coefficient (Wildman–Crippen LogP) is 5.73. The Hall–Kier alpha value is -3.62. The fourth-order valence-electron chi connectivity index (χ4n) is 3.36. The van der Waals surface area contributed by atoms with E-state index in [0.717, 1.165) is 23.4 Å². The van der Waals surface area contributed by atoms with Gasteiger partial charge in [0.05, 0.1) is 12.2 Å². The summed E-state index contributed by atoms with van der Waals surface area (Å²) in [6.07, 6.45) is 1.08. The Balaban J connectivity index is 2.16. The average Bonchev–Trinajstić information content (AvgIpc) is 2.78. The molecule has 0 aliphatic heterocycles. The van der Waals surface area contributed by atoms with Gasteiger partial charge in [0.2, 0.25) is 5.88 Å². The number of likely N-dealkylation sites (N-methyl/N-ethyl adjacent to an activating group) is 1. The van der Waals surface area contributed by atoms with E-state index in [1.165, 1.54) is 6.07 Å². The fraction of sp³-hybridized carbons (Fsp3) is 0.320. The molecule has 34 heavy (non-hydrogen) atoms. The zero-order chi connectivity index (χ0) is 25.3. The lowest BCUT2D eigenvalue weighted by atomic mass is 9.97. The van der Waals surface area contributed by atoms with Crippen LogP contribution >= 0.6 is 0 Å². The van der Waals surface area contributed by atoms with Gasteiger partial charge in [-0.3, -0.25) is 9.79 Å². The molecule has 9 heteroatoms. The molecule has 0 N–H and O–H groups in total. The van der Waals surface area contributed by atoms with Crippen molar-refractivity contribution in [2.24, 2.45) is 4.99 Å². The highest BCUT2D eigenvalue weighted by Crippen LogP contribution is 2.23. The van der Waals surface area contributed by atoms with E-state index in [0.29, 0.717) is 17.8 Å². The number of allylic oxidation sites excluding steroid dienone is 2. The van der Waals surface area contributed by atoms with E-state index in [-0.39, 0.29) is 24.4 Å². The minimum absolute atomic E-state index is 0.0996. The van der Waals surface area contributed by atoms with E-state index >= 15 is 0 Å². The highest BCUT2D eigenvalue weighted by molar-refractivity contribution is 6.10. The van der Waals surface area contributed by atoms with Crippen molar-refractivity contribution >= 4 is 11.6 Å². The fourth-order valence-corrected chi connectivity index (χ4v) is 3.36. The maximum Gasteiger partial charge on any atom is 0.573 e. The number of halogens is 3. The Morgan fingerprint density at radius 1 is 1.29 bits per heavy atom. The van der Waals surface area contributed by atoms with Crippen LogP contribution in [0.25, 0.3) is 0 Å². The largest absolute Gasteiger partial charge is 0.573 e. The molecule has 0 aliphatic rings. The first-order chi connectivity index (χ1) is 16.1. The summed E-state index contributed by atoms with van der Waals surface area (Å²) in [5.41, 5.74) is 2.90. The Morgan fingerprint density at radius 3 is 2.62 bits per heavy atom. The number of nitrogens with zero attached hydrogens (tertiary/aromatic N) is 3. The predicted molar refractivity (Wildman–Crippen MR) is 125 cm³/mol. The average molecular weight is 476 g/mol. The second-order valence-electron chi connectivity index (χ2n) is 7.42. The normalized spacial score (nSPS) is 13.0. The van der Waals surface area contributed by atoms with E-state index in [1.807, 2.05) is 39.8 Å². The van der Waals surface area contributed by atoms with Crippen LogP contribution in [0.3, 0.4) is 0 Å². The van der Waals surface area contributed by atoms with Gasteiger partial charge in [0.15, 0.2) is 0 Å². The summed E-state index contributed by atoms with van der Waals surface area (Å²) in [4.78, 5) is 23.3. The zero-order valence-corrected chi connectivity index (χ0v) is 19.6. The maximum absolute atomic E-state index is 13.5. The number of hydrogen-bond donors (Lipinski definition) is 0. The van der Waals surface area contributed by atoms with Crippen LogP contribution in [0.1, 0.15) is 42.3 Å². The first-order valence-electron chi connectivity index (χ1n) is 10.6. The number of carbonyl (C=O) groups is 1. The van der Waals surface area contributed by atoms with Gasteiger partial charge >= 0.3 is 6.36 Å². The van der Waals surface area contributed by atoms with Gasteiger partial charge < -0.3 is 14.4 Å². The lowest BCUT2D eigenvalue weighted by Gasteiger charge is -2.29. The summed E-state index contributed by atoms with van der Waals surface area (Å²) in [6, 6.07) is 7.56. The van der Waals surface area contributed by atoms with Crippen molar-refractivity contribution < 1.29 is 27.4 Å². The molecule has 0 saturated carbocycles. The number of alkyl halides is 3. The Morgan fingerprint density at radius 2 is 2.03 bits per heavy atom. The number of benzene rings is 1. The highest BCUT2D eigenvalue weighted by Gasteiger charge is 2.31. The van der Waals surface area contributed by atoms with Gasteiger partial charge in [-0.25, -0.2) is 4.98 Å². The van der Waals surface area contributed by atoms with E-state index in [4.69, 9.17) is 4.74 Å². The third-order valence-corrected chi connectivity index (χ3v) is 4.90. The summed E-state index contributed by atoms with van der Waals surface area (Å²) in [5.74, 6) is -0.496. The Labute approximate surface area is 197 Å². The number of ether oxygens (including phenoxy) is 2. The quantitative estimate of drug-likeness (QED) is 0.325. The molecule has 2 rings (SSSR count). The van der Waals surface area contributed by atoms with Gasteiger partial charge in [0, 0.05) is 35.6 Å². The van der Waals surface area contributed by atoms with Crippen LogP contribution in [-0.4, -0.2) is 47.1 Å². The van der Waals surface area contributed by atoms with E-state index in [2.05, 4.69) is 21.3 Å². The molecule has 1 aromatic heterocycles. The van der Waals surface area contributed by atoms with Crippen LogP contribution < -0.4 is 9.47 Å². The molecule has 0 saturated heterocycles. The monoisotopic (exact) mass is 475 g/mol. The molecule has 2 aromatic rings. The number of aliphatic imine (C=N–C) groups is 1. The van der Waals surface area contributed by atoms with Crippen molar-refractivity contribution in [2.75, 3.05) is 13.2 Å². The van der Waals surface area contributed by atoms with Crippen LogP contribution in [0.2, 0.25) is 0 Å². The first kappa shape index (κ1) is 26.6. The van der Waals surface area contributed by atoms with Crippen LogP contribution in [0.5, 0.6) is 11.6 Å². The molecule has 1 atom stereocenters. The van der Waals surface area contributed by atoms with Gasteiger partial charge in [-0.15, -0.1) is 13.2 Å². The topological polar surface area (TPSA) is 64.0 Å². The number of aromatic nitrogens is 1. The summed E-state index contributed by atoms with van der Waals surface area (Å²) in [7, 11) is 0. The smallest absolute Gasteiger partial charge is 0.475 e. The Kier molecular flexibility index (Phi) is 9.41. The lowest BCUT2D eigenvalue weighted by Crippen LogP contribution is -2.42. The van der Waals surface area contributed by atoms with E-state index < -0.39 is 12.1 Å². The van der Waals surface area contributed by atoms with Gasteiger partial charge in [-0.2, -0.15) is 0 Å². The number of amides is 1. The van der Waals surface area contributed by atoms with Crippen molar-refractivity contribution in [1.82, 2.24) is 9.88 Å². The van der Waals surface area contributed by atoms with Gasteiger partial charge in [0.1, 0.15) is 12.4 Å². The third-order valence-electron chi connectivity index (χ3n) is 4.90. The van der Waals surface area contributed by atoms with Gasteiger partial charge in [-0.1, -0.05) is 24.8 Å². The molecule has 0 bridgehead atoms. The van der Waals surface area contributed by atoms with Crippen LogP contribution in [0.4, 0.5) is 13.2 Å². The number of aryl methyl sites for hydroxylation is 1. The highest BCUT2D eigenvalue weighted by atomic mass is 19.4. The molecule has 1 amide bonds. The summed E-state index contributed by atoms with van der Waals surface area (Å²) >= 11 is 0. The number of hydrogen-bond acceptors (Lipinski definition) is 5. The SMILES string of the molecule is C=C/C=C\N=C(C)c1c(C)cccc1C(=O)N(CC)[C@@H](C)COc1ccc(OC(F)(F)F)cn1. The zero-order valence-electron chi connectivity index (χ0n) is 19.6. The van der Waals surface area contributed by atoms with E-state index in [1.54, 1.807) is 29.3 Å². The molecule has 0 fully saturated rings. The standard InChI is InChI=1S/C25H28F3N3O3/c1-6-8-14-29-19(5)23-17(3)10-9-11-21(23)24(32)31(7-2)18(4)16-33-22-13-12-20(15-30-22)34-25(26,27)28/h6,8-15,18H,1,7,16H2,2-5H3/b14-8-,29-19?/t18-/m0/s1. The van der Waals surface area contributed by atoms with Crippen molar-refractivity contribution in [2.45, 2.75) is 40.1 Å². The van der Waals surface area contributed by atoms with Gasteiger partial charge in [0.25, 0.3) is 5.91 Å². The molecule has 0 spiro atoms. The van der Waals surface area contributed by atoms with Crippen LogP contribution in [0, 0.1) is 6.92 Å². The third kappa shape index (κ3) is 7.47. The van der Waals surface area contributed by atoms with Crippen LogP contribution in [0.15, 0.2) is 66.5 Å². The molecule has 6 nitrogen and oxygen atoms in total. The summed E-state index contributed by atoms with van der Waals surface area (Å²) < 4.78 is 46.3.